The van der Waals surface area contributed by atoms with Crippen molar-refractivity contribution in [2.45, 2.75) is 51.2 Å². The van der Waals surface area contributed by atoms with Crippen LogP contribution in [0.2, 0.25) is 0 Å². The topological polar surface area (TPSA) is 38.0 Å². The van der Waals surface area contributed by atoms with E-state index in [4.69, 9.17) is 5.73 Å². The smallest absolute Gasteiger partial charge is 0.0142 e. The van der Waals surface area contributed by atoms with E-state index in [1.165, 1.54) is 0 Å². The summed E-state index contributed by atoms with van der Waals surface area (Å²) >= 11 is 0. The standard InChI is InChI=1S/C8H18N2/c1-6-4-7(9)5-8(2,3)10-6/h6-7,10H,4-5,9H2,1-3H3/t6-,7+/m0/s1. The van der Waals surface area contributed by atoms with E-state index in [0.29, 0.717) is 12.1 Å². The first-order chi connectivity index (χ1) is 4.49. The summed E-state index contributed by atoms with van der Waals surface area (Å²) in [6.45, 7) is 6.62. The average molecular weight is 142 g/mol. The Bertz CT molecular complexity index is 108. The van der Waals surface area contributed by atoms with Crippen LogP contribution in [0.5, 0.6) is 0 Å². The van der Waals surface area contributed by atoms with E-state index in [1.54, 1.807) is 0 Å². The van der Waals surface area contributed by atoms with Crippen LogP contribution in [0.15, 0.2) is 0 Å². The summed E-state index contributed by atoms with van der Waals surface area (Å²) in [4.78, 5) is 0. The lowest BCUT2D eigenvalue weighted by atomic mass is 9.87. The SMILES string of the molecule is C[C@H]1C[C@@H](N)CC(C)(C)N1. The number of nitrogens with one attached hydrogen (secondary N) is 1. The predicted molar refractivity (Wildman–Crippen MR) is 43.9 cm³/mol. The molecule has 1 heterocycles. The molecular weight excluding hydrogens is 124 g/mol. The first kappa shape index (κ1) is 8.02. The number of hydrogen-bond donors (Lipinski definition) is 2. The lowest BCUT2D eigenvalue weighted by Crippen LogP contribution is -2.54. The molecule has 1 rings (SSSR count). The second-order valence-corrected chi connectivity index (χ2v) is 4.13. The van der Waals surface area contributed by atoms with Gasteiger partial charge < -0.3 is 11.1 Å². The molecule has 0 aromatic rings. The second kappa shape index (κ2) is 2.51. The Kier molecular flexibility index (Phi) is 2.02. The summed E-state index contributed by atoms with van der Waals surface area (Å²) < 4.78 is 0. The maximum atomic E-state index is 5.86. The van der Waals surface area contributed by atoms with Gasteiger partial charge in [0.2, 0.25) is 0 Å². The first-order valence-corrected chi connectivity index (χ1v) is 4.03. The average Bonchev–Trinajstić information content (AvgIpc) is 1.54. The van der Waals surface area contributed by atoms with Crippen LogP contribution in [0.3, 0.4) is 0 Å². The van der Waals surface area contributed by atoms with Gasteiger partial charge in [0, 0.05) is 17.6 Å². The highest BCUT2D eigenvalue weighted by atomic mass is 15.0. The summed E-state index contributed by atoms with van der Waals surface area (Å²) in [6, 6.07) is 0.977. The fourth-order valence-corrected chi connectivity index (χ4v) is 1.98. The Morgan fingerprint density at radius 1 is 1.50 bits per heavy atom. The number of hydrogen-bond acceptors (Lipinski definition) is 2. The first-order valence-electron chi connectivity index (χ1n) is 4.03. The lowest BCUT2D eigenvalue weighted by molar-refractivity contribution is 0.230. The number of rotatable bonds is 0. The van der Waals surface area contributed by atoms with Gasteiger partial charge in [-0.3, -0.25) is 0 Å². The molecule has 0 amide bonds. The van der Waals surface area contributed by atoms with Crippen molar-refractivity contribution in [2.24, 2.45) is 5.73 Å². The van der Waals surface area contributed by atoms with Crippen molar-refractivity contribution in [3.05, 3.63) is 0 Å². The van der Waals surface area contributed by atoms with Crippen LogP contribution in [-0.2, 0) is 0 Å². The van der Waals surface area contributed by atoms with Crippen molar-refractivity contribution in [3.63, 3.8) is 0 Å². The zero-order chi connectivity index (χ0) is 7.78. The molecule has 1 aliphatic heterocycles. The molecule has 2 atom stereocenters. The minimum absolute atomic E-state index is 0.247. The van der Waals surface area contributed by atoms with E-state index in [2.05, 4.69) is 26.1 Å². The lowest BCUT2D eigenvalue weighted by Gasteiger charge is -2.38. The molecule has 3 N–H and O–H groups in total. The van der Waals surface area contributed by atoms with Gasteiger partial charge in [-0.05, 0) is 33.6 Å². The van der Waals surface area contributed by atoms with Crippen molar-refractivity contribution in [2.75, 3.05) is 0 Å². The Labute approximate surface area is 63.2 Å². The Morgan fingerprint density at radius 3 is 2.50 bits per heavy atom. The third-order valence-corrected chi connectivity index (χ3v) is 2.07. The Balaban J connectivity index is 2.51. The van der Waals surface area contributed by atoms with Crippen LogP contribution in [0.25, 0.3) is 0 Å². The molecule has 1 saturated heterocycles. The largest absolute Gasteiger partial charge is 0.328 e. The van der Waals surface area contributed by atoms with E-state index < -0.39 is 0 Å². The summed E-state index contributed by atoms with van der Waals surface area (Å²) in [7, 11) is 0. The van der Waals surface area contributed by atoms with Gasteiger partial charge in [-0.1, -0.05) is 0 Å². The van der Waals surface area contributed by atoms with Crippen molar-refractivity contribution < 1.29 is 0 Å². The summed E-state index contributed by atoms with van der Waals surface area (Å²) in [6.07, 6.45) is 2.21. The van der Waals surface area contributed by atoms with Gasteiger partial charge in [0.15, 0.2) is 0 Å². The summed E-state index contributed by atoms with van der Waals surface area (Å²) in [5.41, 5.74) is 6.11. The zero-order valence-corrected chi connectivity index (χ0v) is 7.15. The molecule has 0 saturated carbocycles. The molecule has 0 unspecified atom stereocenters. The van der Waals surface area contributed by atoms with Gasteiger partial charge in [0.1, 0.15) is 0 Å². The molecule has 0 bridgehead atoms. The second-order valence-electron chi connectivity index (χ2n) is 4.13. The molecule has 2 nitrogen and oxygen atoms in total. The van der Waals surface area contributed by atoms with Gasteiger partial charge in [0.05, 0.1) is 0 Å². The van der Waals surface area contributed by atoms with Crippen LogP contribution in [0.1, 0.15) is 33.6 Å². The summed E-state index contributed by atoms with van der Waals surface area (Å²) in [5, 5.41) is 3.51. The minimum atomic E-state index is 0.247. The van der Waals surface area contributed by atoms with Gasteiger partial charge >= 0.3 is 0 Å². The predicted octanol–water partition coefficient (Wildman–Crippen LogP) is 0.864. The fraction of sp³-hybridized carbons (Fsp3) is 1.00. The van der Waals surface area contributed by atoms with Crippen molar-refractivity contribution in [3.8, 4) is 0 Å². The highest BCUT2D eigenvalue weighted by molar-refractivity contribution is 4.91. The molecule has 0 aromatic heterocycles. The monoisotopic (exact) mass is 142 g/mol. The van der Waals surface area contributed by atoms with Crippen LogP contribution in [0, 0.1) is 0 Å². The van der Waals surface area contributed by atoms with E-state index >= 15 is 0 Å². The van der Waals surface area contributed by atoms with Gasteiger partial charge in [0.25, 0.3) is 0 Å². The van der Waals surface area contributed by atoms with Gasteiger partial charge in [-0.25, -0.2) is 0 Å². The van der Waals surface area contributed by atoms with Crippen LogP contribution in [-0.4, -0.2) is 17.6 Å². The van der Waals surface area contributed by atoms with Crippen LogP contribution < -0.4 is 11.1 Å². The number of piperidine rings is 1. The van der Waals surface area contributed by atoms with E-state index in [1.807, 2.05) is 0 Å². The molecule has 0 spiro atoms. The molecule has 1 fully saturated rings. The molecule has 2 heteroatoms. The number of nitrogens with two attached hydrogens (primary N) is 1. The van der Waals surface area contributed by atoms with Crippen molar-refractivity contribution >= 4 is 0 Å². The fourth-order valence-electron chi connectivity index (χ4n) is 1.98. The van der Waals surface area contributed by atoms with Crippen molar-refractivity contribution in [1.82, 2.24) is 5.32 Å². The van der Waals surface area contributed by atoms with E-state index in [-0.39, 0.29) is 5.54 Å². The maximum absolute atomic E-state index is 5.86. The molecule has 0 radical (unpaired) electrons. The zero-order valence-electron chi connectivity index (χ0n) is 7.15. The highest BCUT2D eigenvalue weighted by Gasteiger charge is 2.28. The molecule has 0 aromatic carbocycles. The van der Waals surface area contributed by atoms with Gasteiger partial charge in [-0.15, -0.1) is 0 Å². The Morgan fingerprint density at radius 2 is 2.10 bits per heavy atom. The van der Waals surface area contributed by atoms with E-state index in [0.717, 1.165) is 12.8 Å². The molecule has 60 valence electrons. The highest BCUT2D eigenvalue weighted by Crippen LogP contribution is 2.20. The van der Waals surface area contributed by atoms with Crippen molar-refractivity contribution in [1.29, 1.82) is 0 Å². The maximum Gasteiger partial charge on any atom is 0.0142 e. The third kappa shape index (κ3) is 1.96. The molecule has 10 heavy (non-hydrogen) atoms. The minimum Gasteiger partial charge on any atom is -0.328 e. The van der Waals surface area contributed by atoms with Gasteiger partial charge in [-0.2, -0.15) is 0 Å². The molecule has 0 aliphatic carbocycles. The molecule has 1 aliphatic rings. The van der Waals surface area contributed by atoms with E-state index in [9.17, 15) is 0 Å². The molecular formula is C8H18N2. The van der Waals surface area contributed by atoms with Crippen LogP contribution >= 0.6 is 0 Å². The normalized spacial score (nSPS) is 39.6. The third-order valence-electron chi connectivity index (χ3n) is 2.07. The van der Waals surface area contributed by atoms with Crippen LogP contribution in [0.4, 0.5) is 0 Å². The summed E-state index contributed by atoms with van der Waals surface area (Å²) in [5.74, 6) is 0. The quantitative estimate of drug-likeness (QED) is 0.526. The Hall–Kier alpha value is -0.0800.